The summed E-state index contributed by atoms with van der Waals surface area (Å²) >= 11 is 3.31. The van der Waals surface area contributed by atoms with Gasteiger partial charge in [0.15, 0.2) is 11.5 Å². The Balaban J connectivity index is 2.22. The van der Waals surface area contributed by atoms with Gasteiger partial charge in [0.2, 0.25) is 5.91 Å². The van der Waals surface area contributed by atoms with E-state index in [0.29, 0.717) is 5.89 Å². The number of nitrogens with one attached hydrogen (secondary N) is 1. The molecular formula is C12H13BrN2O2. The molecule has 0 saturated carbocycles. The average Bonchev–Trinajstić information content (AvgIpc) is 2.67. The number of rotatable bonds is 3. The van der Waals surface area contributed by atoms with Gasteiger partial charge in [0.25, 0.3) is 0 Å². The third-order valence-corrected chi connectivity index (χ3v) is 3.47. The summed E-state index contributed by atoms with van der Waals surface area (Å²) in [5.41, 5.74) is 2.21. The third-order valence-electron chi connectivity index (χ3n) is 2.40. The summed E-state index contributed by atoms with van der Waals surface area (Å²) in [7, 11) is 0. The first-order chi connectivity index (χ1) is 8.10. The predicted octanol–water partition coefficient (Wildman–Crippen LogP) is 3.25. The zero-order valence-electron chi connectivity index (χ0n) is 9.66. The van der Waals surface area contributed by atoms with Crippen LogP contribution < -0.4 is 5.32 Å². The van der Waals surface area contributed by atoms with E-state index >= 15 is 0 Å². The van der Waals surface area contributed by atoms with E-state index in [9.17, 15) is 4.79 Å². The second kappa shape index (κ2) is 4.87. The van der Waals surface area contributed by atoms with Crippen molar-refractivity contribution in [3.05, 3.63) is 24.1 Å². The maximum Gasteiger partial charge on any atom is 0.238 e. The Morgan fingerprint density at radius 3 is 3.06 bits per heavy atom. The molecule has 1 aromatic carbocycles. The number of aryl methyl sites for hydroxylation is 1. The molecule has 0 saturated heterocycles. The molecule has 0 aliphatic carbocycles. The fraction of sp³-hybridized carbons (Fsp3) is 0.333. The maximum absolute atomic E-state index is 11.7. The molecule has 4 nitrogen and oxygen atoms in total. The first kappa shape index (κ1) is 12.1. The molecule has 0 aliphatic heterocycles. The summed E-state index contributed by atoms with van der Waals surface area (Å²) < 4.78 is 5.36. The van der Waals surface area contributed by atoms with Crippen LogP contribution in [0.5, 0.6) is 0 Å². The lowest BCUT2D eigenvalue weighted by Gasteiger charge is -2.08. The first-order valence-electron chi connectivity index (χ1n) is 5.42. The van der Waals surface area contributed by atoms with Gasteiger partial charge in [-0.25, -0.2) is 4.98 Å². The van der Waals surface area contributed by atoms with Crippen LogP contribution in [0.4, 0.5) is 5.69 Å². The Bertz CT molecular complexity index is 550. The van der Waals surface area contributed by atoms with Crippen LogP contribution in [0.25, 0.3) is 11.1 Å². The van der Waals surface area contributed by atoms with Gasteiger partial charge in [-0.2, -0.15) is 0 Å². The number of oxazole rings is 1. The second-order valence-electron chi connectivity index (χ2n) is 3.78. The Morgan fingerprint density at radius 2 is 2.35 bits per heavy atom. The number of alkyl halides is 1. The second-order valence-corrected chi connectivity index (χ2v) is 4.89. The molecule has 1 aromatic heterocycles. The van der Waals surface area contributed by atoms with Gasteiger partial charge in [0, 0.05) is 12.6 Å². The van der Waals surface area contributed by atoms with Gasteiger partial charge in [-0.1, -0.05) is 22.9 Å². The van der Waals surface area contributed by atoms with E-state index in [0.717, 1.165) is 23.2 Å². The number of fused-ring (bicyclic) bond motifs is 1. The Labute approximate surface area is 108 Å². The third kappa shape index (κ3) is 2.66. The van der Waals surface area contributed by atoms with Gasteiger partial charge in [-0.3, -0.25) is 4.79 Å². The number of hydrogen-bond acceptors (Lipinski definition) is 3. The van der Waals surface area contributed by atoms with Gasteiger partial charge in [0.1, 0.15) is 5.52 Å². The molecule has 2 aromatic rings. The van der Waals surface area contributed by atoms with Gasteiger partial charge in [-0.05, 0) is 24.6 Å². The Kier molecular flexibility index (Phi) is 3.47. The predicted molar refractivity (Wildman–Crippen MR) is 70.4 cm³/mol. The van der Waals surface area contributed by atoms with Crippen molar-refractivity contribution >= 4 is 38.6 Å². The van der Waals surface area contributed by atoms with Gasteiger partial charge in [0.05, 0.1) is 4.83 Å². The van der Waals surface area contributed by atoms with Crippen LogP contribution in [-0.2, 0) is 4.79 Å². The number of hydrogen-bond donors (Lipinski definition) is 1. The summed E-state index contributed by atoms with van der Waals surface area (Å²) in [6, 6.07) is 5.42. The number of aromatic nitrogens is 1. The smallest absolute Gasteiger partial charge is 0.238 e. The molecular weight excluding hydrogens is 284 g/mol. The summed E-state index contributed by atoms with van der Waals surface area (Å²) in [6.07, 6.45) is 0.747. The van der Waals surface area contributed by atoms with Crippen molar-refractivity contribution in [2.24, 2.45) is 0 Å². The summed E-state index contributed by atoms with van der Waals surface area (Å²) in [5, 5.41) is 2.83. The van der Waals surface area contributed by atoms with E-state index in [2.05, 4.69) is 26.2 Å². The number of carbonyl (C=O) groups excluding carboxylic acids is 1. The molecule has 0 fully saturated rings. The average molecular weight is 297 g/mol. The minimum Gasteiger partial charge on any atom is -0.441 e. The maximum atomic E-state index is 11.7. The minimum absolute atomic E-state index is 0.0490. The molecule has 0 aliphatic rings. The highest BCUT2D eigenvalue weighted by Crippen LogP contribution is 2.20. The molecule has 1 heterocycles. The normalized spacial score (nSPS) is 12.6. The molecule has 5 heteroatoms. The van der Waals surface area contributed by atoms with Crippen molar-refractivity contribution in [3.63, 3.8) is 0 Å². The quantitative estimate of drug-likeness (QED) is 0.885. The zero-order valence-corrected chi connectivity index (χ0v) is 11.2. The van der Waals surface area contributed by atoms with Crippen molar-refractivity contribution in [1.82, 2.24) is 4.98 Å². The van der Waals surface area contributed by atoms with Crippen LogP contribution in [-0.4, -0.2) is 15.7 Å². The lowest BCUT2D eigenvalue weighted by Crippen LogP contribution is -2.21. The molecule has 0 radical (unpaired) electrons. The van der Waals surface area contributed by atoms with Gasteiger partial charge in [-0.15, -0.1) is 0 Å². The monoisotopic (exact) mass is 296 g/mol. The zero-order chi connectivity index (χ0) is 12.4. The van der Waals surface area contributed by atoms with Crippen molar-refractivity contribution in [1.29, 1.82) is 0 Å². The molecule has 17 heavy (non-hydrogen) atoms. The Hall–Kier alpha value is -1.36. The number of halogens is 1. The fourth-order valence-corrected chi connectivity index (χ4v) is 1.64. The minimum atomic E-state index is -0.169. The molecule has 0 bridgehead atoms. The molecule has 2 rings (SSSR count). The van der Waals surface area contributed by atoms with Crippen LogP contribution in [0.3, 0.4) is 0 Å². The molecule has 0 spiro atoms. The van der Waals surface area contributed by atoms with Crippen LogP contribution in [0, 0.1) is 6.92 Å². The van der Waals surface area contributed by atoms with Crippen molar-refractivity contribution in [3.8, 4) is 0 Å². The lowest BCUT2D eigenvalue weighted by molar-refractivity contribution is -0.115. The SMILES string of the molecule is CCC(Br)C(=O)Nc1ccc2oc(C)nc2c1. The summed E-state index contributed by atoms with van der Waals surface area (Å²) in [6.45, 7) is 3.74. The molecule has 1 atom stereocenters. The van der Waals surface area contributed by atoms with E-state index in [1.165, 1.54) is 0 Å². The topological polar surface area (TPSA) is 55.1 Å². The van der Waals surface area contributed by atoms with Gasteiger partial charge >= 0.3 is 0 Å². The van der Waals surface area contributed by atoms with Gasteiger partial charge < -0.3 is 9.73 Å². The number of carbonyl (C=O) groups is 1. The van der Waals surface area contributed by atoms with E-state index in [4.69, 9.17) is 4.42 Å². The number of benzene rings is 1. The standard InChI is InChI=1S/C12H13BrN2O2/c1-3-9(13)12(16)15-8-4-5-11-10(6-8)14-7(2)17-11/h4-6,9H,3H2,1-2H3,(H,15,16). The molecule has 1 N–H and O–H groups in total. The lowest BCUT2D eigenvalue weighted by atomic mass is 10.2. The van der Waals surface area contributed by atoms with Crippen molar-refractivity contribution in [2.45, 2.75) is 25.1 Å². The summed E-state index contributed by atoms with van der Waals surface area (Å²) in [4.78, 5) is 15.7. The molecule has 1 unspecified atom stereocenters. The highest BCUT2D eigenvalue weighted by atomic mass is 79.9. The molecule has 90 valence electrons. The fourth-order valence-electron chi connectivity index (χ4n) is 1.53. The Morgan fingerprint density at radius 1 is 1.59 bits per heavy atom. The van der Waals surface area contributed by atoms with E-state index in [-0.39, 0.29) is 10.7 Å². The largest absolute Gasteiger partial charge is 0.441 e. The van der Waals surface area contributed by atoms with E-state index < -0.39 is 0 Å². The van der Waals surface area contributed by atoms with Crippen molar-refractivity contribution in [2.75, 3.05) is 5.32 Å². The molecule has 1 amide bonds. The summed E-state index contributed by atoms with van der Waals surface area (Å²) in [5.74, 6) is 0.572. The first-order valence-corrected chi connectivity index (χ1v) is 6.34. The highest BCUT2D eigenvalue weighted by Gasteiger charge is 2.12. The number of amides is 1. The highest BCUT2D eigenvalue weighted by molar-refractivity contribution is 9.10. The van der Waals surface area contributed by atoms with Crippen LogP contribution >= 0.6 is 15.9 Å². The number of anilines is 1. The van der Waals surface area contributed by atoms with E-state index in [1.54, 1.807) is 25.1 Å². The number of nitrogens with zero attached hydrogens (tertiary/aromatic N) is 1. The van der Waals surface area contributed by atoms with Crippen LogP contribution in [0.15, 0.2) is 22.6 Å². The van der Waals surface area contributed by atoms with Crippen LogP contribution in [0.2, 0.25) is 0 Å². The van der Waals surface area contributed by atoms with Crippen molar-refractivity contribution < 1.29 is 9.21 Å². The van der Waals surface area contributed by atoms with Crippen LogP contribution in [0.1, 0.15) is 19.2 Å². The van der Waals surface area contributed by atoms with E-state index in [1.807, 2.05) is 6.92 Å².